The first-order valence-electron chi connectivity index (χ1n) is 8.14. The molecule has 0 radical (unpaired) electrons. The molecule has 0 bridgehead atoms. The van der Waals surface area contributed by atoms with E-state index in [0.29, 0.717) is 22.8 Å². The van der Waals surface area contributed by atoms with Gasteiger partial charge in [-0.15, -0.1) is 0 Å². The third kappa shape index (κ3) is 3.13. The molecule has 1 aliphatic carbocycles. The number of carbonyl (C=O) groups excluding carboxylic acids is 1. The zero-order valence-electron chi connectivity index (χ0n) is 13.4. The molecular weight excluding hydrogens is 323 g/mol. The van der Waals surface area contributed by atoms with Crippen molar-refractivity contribution in [1.29, 1.82) is 0 Å². The molecule has 3 aromatic rings. The number of nitrogens with zero attached hydrogens (tertiary/aromatic N) is 1. The number of rotatable bonds is 5. The van der Waals surface area contributed by atoms with Crippen molar-refractivity contribution in [3.63, 3.8) is 0 Å². The van der Waals surface area contributed by atoms with Crippen molar-refractivity contribution in [2.24, 2.45) is 0 Å². The van der Waals surface area contributed by atoms with Crippen molar-refractivity contribution in [1.82, 2.24) is 9.55 Å². The summed E-state index contributed by atoms with van der Waals surface area (Å²) in [6.45, 7) is -0.194. The summed E-state index contributed by atoms with van der Waals surface area (Å²) < 4.78 is 15.5. The molecule has 1 aromatic heterocycles. The molecule has 3 N–H and O–H groups in total. The van der Waals surface area contributed by atoms with Gasteiger partial charge in [0.25, 0.3) is 0 Å². The molecule has 1 fully saturated rings. The molecule has 4 rings (SSSR count). The van der Waals surface area contributed by atoms with Crippen LogP contribution in [-0.2, 0) is 11.3 Å². The summed E-state index contributed by atoms with van der Waals surface area (Å²) in [5.41, 5.74) is 1.59. The summed E-state index contributed by atoms with van der Waals surface area (Å²) in [6, 6.07) is 12.1. The Morgan fingerprint density at radius 1 is 1.20 bits per heavy atom. The summed E-state index contributed by atoms with van der Waals surface area (Å²) in [6.07, 6.45) is 2.07. The number of para-hydroxylation sites is 3. The number of aromatic amines is 1. The molecule has 0 aliphatic heterocycles. The molecule has 1 heterocycles. The van der Waals surface area contributed by atoms with E-state index in [1.165, 1.54) is 10.6 Å². The van der Waals surface area contributed by atoms with Crippen LogP contribution in [0.1, 0.15) is 12.8 Å². The van der Waals surface area contributed by atoms with Crippen LogP contribution in [-0.4, -0.2) is 21.5 Å². The molecule has 7 heteroatoms. The highest BCUT2D eigenvalue weighted by Gasteiger charge is 2.23. The fraction of sp³-hybridized carbons (Fsp3) is 0.222. The molecule has 25 heavy (non-hydrogen) atoms. The largest absolute Gasteiger partial charge is 0.381 e. The van der Waals surface area contributed by atoms with E-state index in [1.54, 1.807) is 36.4 Å². The van der Waals surface area contributed by atoms with Crippen LogP contribution >= 0.6 is 0 Å². The molecule has 6 nitrogen and oxygen atoms in total. The second-order valence-corrected chi connectivity index (χ2v) is 6.16. The van der Waals surface area contributed by atoms with Gasteiger partial charge in [0, 0.05) is 6.04 Å². The summed E-state index contributed by atoms with van der Waals surface area (Å²) in [7, 11) is 0. The number of aromatic nitrogens is 2. The van der Waals surface area contributed by atoms with Crippen LogP contribution in [0.25, 0.3) is 11.0 Å². The number of H-pyrrole nitrogens is 1. The number of amides is 1. The molecule has 1 amide bonds. The number of fused-ring (bicyclic) bond motifs is 1. The molecule has 1 aliphatic rings. The Labute approximate surface area is 142 Å². The lowest BCUT2D eigenvalue weighted by Gasteiger charge is -2.13. The fourth-order valence-electron chi connectivity index (χ4n) is 2.81. The third-order valence-corrected chi connectivity index (χ3v) is 4.20. The standard InChI is InChI=1S/C18H17FN4O2/c19-12-4-3-6-14(20-11-8-9-11)17(12)22-16(24)10-23-15-7-2-1-5-13(15)21-18(23)25/h1-7,11,20H,8-10H2,(H,21,25)(H,22,24). The van der Waals surface area contributed by atoms with E-state index in [-0.39, 0.29) is 17.9 Å². The Kier molecular flexibility index (Phi) is 3.76. The normalized spacial score (nSPS) is 13.8. The Balaban J connectivity index is 1.58. The summed E-state index contributed by atoms with van der Waals surface area (Å²) in [5, 5.41) is 5.79. The molecule has 0 atom stereocenters. The zero-order chi connectivity index (χ0) is 17.4. The van der Waals surface area contributed by atoms with Crippen molar-refractivity contribution < 1.29 is 9.18 Å². The minimum Gasteiger partial charge on any atom is -0.381 e. The number of halogens is 1. The summed E-state index contributed by atoms with van der Waals surface area (Å²) in [4.78, 5) is 27.2. The first kappa shape index (κ1) is 15.4. The highest BCUT2D eigenvalue weighted by Crippen LogP contribution is 2.31. The quantitative estimate of drug-likeness (QED) is 0.668. The van der Waals surface area contributed by atoms with Gasteiger partial charge in [0.2, 0.25) is 5.91 Å². The summed E-state index contributed by atoms with van der Waals surface area (Å²) in [5.74, 6) is -0.971. The number of imidazole rings is 1. The van der Waals surface area contributed by atoms with Crippen LogP contribution in [0.5, 0.6) is 0 Å². The van der Waals surface area contributed by atoms with Gasteiger partial charge in [0.05, 0.1) is 16.7 Å². The van der Waals surface area contributed by atoms with Crippen molar-refractivity contribution in [2.75, 3.05) is 10.6 Å². The maximum Gasteiger partial charge on any atom is 0.326 e. The second kappa shape index (κ2) is 6.08. The minimum atomic E-state index is -0.509. The Bertz CT molecular complexity index is 1000. The maximum atomic E-state index is 14.2. The van der Waals surface area contributed by atoms with Gasteiger partial charge < -0.3 is 15.6 Å². The summed E-state index contributed by atoms with van der Waals surface area (Å²) >= 11 is 0. The van der Waals surface area contributed by atoms with E-state index in [2.05, 4.69) is 15.6 Å². The average Bonchev–Trinajstić information content (AvgIpc) is 3.35. The topological polar surface area (TPSA) is 78.9 Å². The number of hydrogen-bond donors (Lipinski definition) is 3. The van der Waals surface area contributed by atoms with Gasteiger partial charge in [-0.1, -0.05) is 18.2 Å². The second-order valence-electron chi connectivity index (χ2n) is 6.16. The highest BCUT2D eigenvalue weighted by molar-refractivity contribution is 5.95. The third-order valence-electron chi connectivity index (χ3n) is 4.20. The number of nitrogens with one attached hydrogen (secondary N) is 3. The van der Waals surface area contributed by atoms with E-state index in [4.69, 9.17) is 0 Å². The molecule has 128 valence electrons. The van der Waals surface area contributed by atoms with Crippen LogP contribution in [0, 0.1) is 5.82 Å². The van der Waals surface area contributed by atoms with Crippen molar-refractivity contribution >= 4 is 28.3 Å². The Morgan fingerprint density at radius 2 is 2.00 bits per heavy atom. The van der Waals surface area contributed by atoms with Crippen molar-refractivity contribution in [3.05, 3.63) is 58.8 Å². The average molecular weight is 340 g/mol. The lowest BCUT2D eigenvalue weighted by Crippen LogP contribution is -2.26. The Hall–Kier alpha value is -3.09. The molecular formula is C18H17FN4O2. The number of carbonyl (C=O) groups is 1. The van der Waals surface area contributed by atoms with E-state index in [1.807, 2.05) is 0 Å². The number of benzene rings is 2. The van der Waals surface area contributed by atoms with Gasteiger partial charge in [-0.3, -0.25) is 9.36 Å². The monoisotopic (exact) mass is 340 g/mol. The Morgan fingerprint density at radius 3 is 2.80 bits per heavy atom. The van der Waals surface area contributed by atoms with Crippen molar-refractivity contribution in [2.45, 2.75) is 25.4 Å². The zero-order valence-corrected chi connectivity index (χ0v) is 13.4. The maximum absolute atomic E-state index is 14.2. The predicted octanol–water partition coefficient (Wildman–Crippen LogP) is 2.68. The van der Waals surface area contributed by atoms with Crippen molar-refractivity contribution in [3.8, 4) is 0 Å². The van der Waals surface area contributed by atoms with Gasteiger partial charge in [-0.05, 0) is 37.1 Å². The minimum absolute atomic E-state index is 0.118. The highest BCUT2D eigenvalue weighted by atomic mass is 19.1. The van der Waals surface area contributed by atoms with Crippen LogP contribution in [0.2, 0.25) is 0 Å². The first-order chi connectivity index (χ1) is 12.1. The van der Waals surface area contributed by atoms with Crippen LogP contribution in [0.15, 0.2) is 47.3 Å². The molecule has 2 aromatic carbocycles. The lowest BCUT2D eigenvalue weighted by molar-refractivity contribution is -0.116. The fourth-order valence-corrected chi connectivity index (χ4v) is 2.81. The SMILES string of the molecule is O=C(Cn1c(=O)[nH]c2ccccc21)Nc1c(F)cccc1NC1CC1. The van der Waals surface area contributed by atoms with E-state index >= 15 is 0 Å². The molecule has 0 saturated heterocycles. The van der Waals surface area contributed by atoms with Crippen LogP contribution in [0.4, 0.5) is 15.8 Å². The van der Waals surface area contributed by atoms with Crippen LogP contribution in [0.3, 0.4) is 0 Å². The molecule has 1 saturated carbocycles. The van der Waals surface area contributed by atoms with E-state index in [9.17, 15) is 14.0 Å². The predicted molar refractivity (Wildman–Crippen MR) is 94.2 cm³/mol. The lowest BCUT2D eigenvalue weighted by atomic mass is 10.2. The van der Waals surface area contributed by atoms with Gasteiger partial charge in [-0.25, -0.2) is 9.18 Å². The van der Waals surface area contributed by atoms with E-state index < -0.39 is 11.7 Å². The van der Waals surface area contributed by atoms with Gasteiger partial charge in [0.15, 0.2) is 0 Å². The molecule has 0 spiro atoms. The number of hydrogen-bond acceptors (Lipinski definition) is 3. The molecule has 0 unspecified atom stereocenters. The number of anilines is 2. The van der Waals surface area contributed by atoms with Gasteiger partial charge >= 0.3 is 5.69 Å². The van der Waals surface area contributed by atoms with E-state index in [0.717, 1.165) is 12.8 Å². The van der Waals surface area contributed by atoms with Gasteiger partial charge in [0.1, 0.15) is 18.0 Å². The smallest absolute Gasteiger partial charge is 0.326 e. The van der Waals surface area contributed by atoms with Crippen LogP contribution < -0.4 is 16.3 Å². The first-order valence-corrected chi connectivity index (χ1v) is 8.14. The van der Waals surface area contributed by atoms with Gasteiger partial charge in [-0.2, -0.15) is 0 Å².